The fourth-order valence-electron chi connectivity index (χ4n) is 2.62. The van der Waals surface area contributed by atoms with E-state index in [0.29, 0.717) is 11.9 Å². The van der Waals surface area contributed by atoms with Gasteiger partial charge in [0.05, 0.1) is 6.10 Å². The van der Waals surface area contributed by atoms with Crippen LogP contribution in [-0.2, 0) is 11.3 Å². The van der Waals surface area contributed by atoms with Crippen molar-refractivity contribution >= 4 is 0 Å². The first-order valence-electron chi connectivity index (χ1n) is 6.82. The minimum absolute atomic E-state index is 0.357. The highest BCUT2D eigenvalue weighted by molar-refractivity contribution is 5.39. The third-order valence-corrected chi connectivity index (χ3v) is 3.58. The number of piperidine rings is 1. The summed E-state index contributed by atoms with van der Waals surface area (Å²) in [6.07, 6.45) is 2.69. The number of nitrogens with zero attached hydrogens (tertiary/aromatic N) is 1. The third kappa shape index (κ3) is 3.24. The number of phenolic OH excluding ortho intramolecular Hbond substituents is 1. The predicted molar refractivity (Wildman–Crippen MR) is 72.8 cm³/mol. The zero-order valence-corrected chi connectivity index (χ0v) is 11.4. The minimum Gasteiger partial charge on any atom is -0.507 e. The largest absolute Gasteiger partial charge is 0.507 e. The van der Waals surface area contributed by atoms with Crippen LogP contribution in [0, 0.1) is 6.92 Å². The topological polar surface area (TPSA) is 32.7 Å². The summed E-state index contributed by atoms with van der Waals surface area (Å²) in [5, 5.41) is 10.0. The number of benzene rings is 1. The zero-order chi connectivity index (χ0) is 13.0. The summed E-state index contributed by atoms with van der Waals surface area (Å²) in [6, 6.07) is 5.96. The van der Waals surface area contributed by atoms with Gasteiger partial charge >= 0.3 is 0 Å². The highest BCUT2D eigenvalue weighted by atomic mass is 16.5. The molecule has 0 saturated carbocycles. The Morgan fingerprint density at radius 1 is 1.44 bits per heavy atom. The summed E-state index contributed by atoms with van der Waals surface area (Å²) in [7, 11) is 0. The molecule has 0 spiro atoms. The van der Waals surface area contributed by atoms with Crippen molar-refractivity contribution in [3.8, 4) is 5.75 Å². The molecule has 3 nitrogen and oxygen atoms in total. The number of aromatic hydroxyl groups is 1. The van der Waals surface area contributed by atoms with Gasteiger partial charge in [0.1, 0.15) is 5.75 Å². The van der Waals surface area contributed by atoms with Gasteiger partial charge < -0.3 is 9.84 Å². The molecule has 100 valence electrons. The monoisotopic (exact) mass is 249 g/mol. The van der Waals surface area contributed by atoms with Crippen LogP contribution in [0.2, 0.25) is 0 Å². The highest BCUT2D eigenvalue weighted by Crippen LogP contribution is 2.24. The van der Waals surface area contributed by atoms with Gasteiger partial charge in [-0.05, 0) is 38.8 Å². The fourth-order valence-corrected chi connectivity index (χ4v) is 2.62. The molecule has 18 heavy (non-hydrogen) atoms. The number of phenols is 1. The second kappa shape index (κ2) is 6.21. The number of aryl methyl sites for hydroxylation is 1. The van der Waals surface area contributed by atoms with Gasteiger partial charge in [-0.15, -0.1) is 0 Å². The van der Waals surface area contributed by atoms with Crippen molar-refractivity contribution in [2.75, 3.05) is 19.7 Å². The molecule has 2 rings (SSSR count). The second-order valence-electron chi connectivity index (χ2n) is 5.04. The third-order valence-electron chi connectivity index (χ3n) is 3.58. The predicted octanol–water partition coefficient (Wildman–Crippen LogP) is 2.70. The molecule has 1 atom stereocenters. The molecule has 1 aliphatic heterocycles. The number of likely N-dealkylation sites (tertiary alicyclic amines) is 1. The van der Waals surface area contributed by atoms with Crippen molar-refractivity contribution in [3.05, 3.63) is 29.3 Å². The average Bonchev–Trinajstić information content (AvgIpc) is 2.36. The van der Waals surface area contributed by atoms with E-state index in [0.717, 1.165) is 43.8 Å². The van der Waals surface area contributed by atoms with Gasteiger partial charge in [0.2, 0.25) is 0 Å². The SMILES string of the molecule is CCOC1CCCN(Cc2cccc(C)c2O)C1. The van der Waals surface area contributed by atoms with Crippen LogP contribution in [0.5, 0.6) is 5.75 Å². The molecule has 1 saturated heterocycles. The average molecular weight is 249 g/mol. The molecule has 1 N–H and O–H groups in total. The number of hydrogen-bond donors (Lipinski definition) is 1. The molecule has 0 aliphatic carbocycles. The number of para-hydroxylation sites is 1. The van der Waals surface area contributed by atoms with Crippen molar-refractivity contribution in [2.24, 2.45) is 0 Å². The number of ether oxygens (including phenoxy) is 1. The first kappa shape index (κ1) is 13.4. The van der Waals surface area contributed by atoms with Gasteiger partial charge in [0, 0.05) is 25.3 Å². The Hall–Kier alpha value is -1.06. The van der Waals surface area contributed by atoms with E-state index in [1.807, 2.05) is 32.0 Å². The maximum atomic E-state index is 10.0. The van der Waals surface area contributed by atoms with Crippen molar-refractivity contribution in [2.45, 2.75) is 39.3 Å². The van der Waals surface area contributed by atoms with Gasteiger partial charge in [-0.1, -0.05) is 18.2 Å². The van der Waals surface area contributed by atoms with E-state index >= 15 is 0 Å². The molecule has 0 amide bonds. The van der Waals surface area contributed by atoms with E-state index in [1.165, 1.54) is 6.42 Å². The Morgan fingerprint density at radius 2 is 2.28 bits per heavy atom. The van der Waals surface area contributed by atoms with E-state index in [-0.39, 0.29) is 0 Å². The van der Waals surface area contributed by atoms with Crippen molar-refractivity contribution in [1.82, 2.24) is 4.90 Å². The van der Waals surface area contributed by atoms with E-state index < -0.39 is 0 Å². The van der Waals surface area contributed by atoms with Crippen LogP contribution in [-0.4, -0.2) is 35.8 Å². The molecule has 1 aromatic carbocycles. The zero-order valence-electron chi connectivity index (χ0n) is 11.4. The summed E-state index contributed by atoms with van der Waals surface area (Å²) < 4.78 is 5.70. The quantitative estimate of drug-likeness (QED) is 0.890. The first-order valence-corrected chi connectivity index (χ1v) is 6.82. The molecule has 1 unspecified atom stereocenters. The molecular weight excluding hydrogens is 226 g/mol. The van der Waals surface area contributed by atoms with E-state index in [9.17, 15) is 5.11 Å². The van der Waals surface area contributed by atoms with Crippen LogP contribution in [0.15, 0.2) is 18.2 Å². The minimum atomic E-state index is 0.357. The molecule has 1 aromatic rings. The molecular formula is C15H23NO2. The number of rotatable bonds is 4. The van der Waals surface area contributed by atoms with E-state index in [1.54, 1.807) is 0 Å². The normalized spacial score (nSPS) is 21.1. The van der Waals surface area contributed by atoms with E-state index in [4.69, 9.17) is 4.74 Å². The Balaban J connectivity index is 1.98. The van der Waals surface area contributed by atoms with Crippen LogP contribution in [0.3, 0.4) is 0 Å². The molecule has 1 heterocycles. The standard InChI is InChI=1S/C15H23NO2/c1-3-18-14-8-5-9-16(11-14)10-13-7-4-6-12(2)15(13)17/h4,6-7,14,17H,3,5,8-11H2,1-2H3. The van der Waals surface area contributed by atoms with Crippen molar-refractivity contribution in [1.29, 1.82) is 0 Å². The Morgan fingerprint density at radius 3 is 3.06 bits per heavy atom. The van der Waals surface area contributed by atoms with Gasteiger partial charge in [0.25, 0.3) is 0 Å². The van der Waals surface area contributed by atoms with Crippen molar-refractivity contribution < 1.29 is 9.84 Å². The maximum Gasteiger partial charge on any atom is 0.122 e. The lowest BCUT2D eigenvalue weighted by atomic mass is 10.1. The molecule has 1 aliphatic rings. The maximum absolute atomic E-state index is 10.0. The van der Waals surface area contributed by atoms with Gasteiger partial charge in [-0.2, -0.15) is 0 Å². The van der Waals surface area contributed by atoms with Crippen LogP contribution in [0.25, 0.3) is 0 Å². The summed E-state index contributed by atoms with van der Waals surface area (Å²) in [4.78, 5) is 2.37. The lowest BCUT2D eigenvalue weighted by molar-refractivity contribution is 0.00345. The van der Waals surface area contributed by atoms with E-state index in [2.05, 4.69) is 4.90 Å². The Kier molecular flexibility index (Phi) is 4.61. The van der Waals surface area contributed by atoms with Crippen LogP contribution >= 0.6 is 0 Å². The summed E-state index contributed by atoms with van der Waals surface area (Å²) >= 11 is 0. The van der Waals surface area contributed by atoms with Crippen molar-refractivity contribution in [3.63, 3.8) is 0 Å². The molecule has 0 radical (unpaired) electrons. The molecule has 0 aromatic heterocycles. The highest BCUT2D eigenvalue weighted by Gasteiger charge is 2.20. The van der Waals surface area contributed by atoms with Gasteiger partial charge in [0.15, 0.2) is 0 Å². The van der Waals surface area contributed by atoms with Crippen LogP contribution < -0.4 is 0 Å². The van der Waals surface area contributed by atoms with Crippen LogP contribution in [0.1, 0.15) is 30.9 Å². The Bertz CT molecular complexity index is 390. The summed E-state index contributed by atoms with van der Waals surface area (Å²) in [5.41, 5.74) is 1.97. The lowest BCUT2D eigenvalue weighted by Gasteiger charge is -2.32. The Labute approximate surface area is 109 Å². The number of hydrogen-bond acceptors (Lipinski definition) is 3. The fraction of sp³-hybridized carbons (Fsp3) is 0.600. The smallest absolute Gasteiger partial charge is 0.122 e. The molecule has 0 bridgehead atoms. The summed E-state index contributed by atoms with van der Waals surface area (Å²) in [5.74, 6) is 0.441. The van der Waals surface area contributed by atoms with Gasteiger partial charge in [-0.3, -0.25) is 4.90 Å². The lowest BCUT2D eigenvalue weighted by Crippen LogP contribution is -2.39. The second-order valence-corrected chi connectivity index (χ2v) is 5.04. The summed E-state index contributed by atoms with van der Waals surface area (Å²) in [6.45, 7) is 7.66. The molecule has 1 fully saturated rings. The molecule has 3 heteroatoms. The van der Waals surface area contributed by atoms with Gasteiger partial charge in [-0.25, -0.2) is 0 Å². The van der Waals surface area contributed by atoms with Crippen LogP contribution in [0.4, 0.5) is 0 Å². The first-order chi connectivity index (χ1) is 8.70.